The second-order valence-electron chi connectivity index (χ2n) is 5.15. The Morgan fingerprint density at radius 3 is 2.80 bits per heavy atom. The van der Waals surface area contributed by atoms with Crippen molar-refractivity contribution < 1.29 is 0 Å². The minimum atomic E-state index is 0.742. The predicted molar refractivity (Wildman–Crippen MR) is 64.2 cm³/mol. The molecule has 88 valence electrons. The molecule has 3 heteroatoms. The first-order valence-corrected chi connectivity index (χ1v) is 6.50. The van der Waals surface area contributed by atoms with Crippen molar-refractivity contribution in [1.29, 1.82) is 0 Å². The van der Waals surface area contributed by atoms with Crippen LogP contribution in [0.15, 0.2) is 0 Å². The molecule has 2 atom stereocenters. The second kappa shape index (κ2) is 5.83. The summed E-state index contributed by atoms with van der Waals surface area (Å²) >= 11 is 0. The van der Waals surface area contributed by atoms with E-state index in [1.807, 2.05) is 0 Å². The summed E-state index contributed by atoms with van der Waals surface area (Å²) in [7, 11) is 2.24. The molecule has 0 aromatic carbocycles. The number of hydrogen-bond acceptors (Lipinski definition) is 3. The first-order valence-electron chi connectivity index (χ1n) is 6.50. The average molecular weight is 211 g/mol. The van der Waals surface area contributed by atoms with Gasteiger partial charge in [0, 0.05) is 18.6 Å². The fraction of sp³-hybridized carbons (Fsp3) is 1.00. The molecule has 15 heavy (non-hydrogen) atoms. The van der Waals surface area contributed by atoms with Crippen LogP contribution in [0.2, 0.25) is 0 Å². The largest absolute Gasteiger partial charge is 0.317 e. The molecular weight excluding hydrogens is 186 g/mol. The molecule has 2 aliphatic rings. The Labute approximate surface area is 93.6 Å². The van der Waals surface area contributed by atoms with Gasteiger partial charge < -0.3 is 15.5 Å². The molecule has 2 saturated heterocycles. The standard InChI is InChI=1S/C12H25N3/c1-15-9-3-5-12(10-15)14-11-4-2-7-13-8-6-11/h11-14H,2-10H2,1H3. The lowest BCUT2D eigenvalue weighted by Gasteiger charge is -2.33. The van der Waals surface area contributed by atoms with Crippen molar-refractivity contribution in [3.8, 4) is 0 Å². The number of piperidine rings is 1. The summed E-state index contributed by atoms with van der Waals surface area (Å²) in [6.45, 7) is 4.93. The molecule has 0 aliphatic carbocycles. The van der Waals surface area contributed by atoms with Gasteiger partial charge in [0.25, 0.3) is 0 Å². The maximum absolute atomic E-state index is 3.85. The molecular formula is C12H25N3. The van der Waals surface area contributed by atoms with Crippen molar-refractivity contribution in [2.24, 2.45) is 0 Å². The predicted octanol–water partition coefficient (Wildman–Crippen LogP) is 0.812. The fourth-order valence-corrected chi connectivity index (χ4v) is 2.82. The maximum Gasteiger partial charge on any atom is 0.0197 e. The van der Waals surface area contributed by atoms with Gasteiger partial charge in [0.1, 0.15) is 0 Å². The van der Waals surface area contributed by atoms with E-state index < -0.39 is 0 Å². The summed E-state index contributed by atoms with van der Waals surface area (Å²) in [6, 6.07) is 1.50. The molecule has 2 unspecified atom stereocenters. The molecule has 2 N–H and O–H groups in total. The summed E-state index contributed by atoms with van der Waals surface area (Å²) in [5.74, 6) is 0. The van der Waals surface area contributed by atoms with Crippen molar-refractivity contribution in [3.05, 3.63) is 0 Å². The molecule has 0 spiro atoms. The molecule has 0 bridgehead atoms. The minimum Gasteiger partial charge on any atom is -0.317 e. The number of nitrogens with zero attached hydrogens (tertiary/aromatic N) is 1. The van der Waals surface area contributed by atoms with Crippen LogP contribution in [0.3, 0.4) is 0 Å². The van der Waals surface area contributed by atoms with Gasteiger partial charge in [-0.2, -0.15) is 0 Å². The zero-order valence-electron chi connectivity index (χ0n) is 9.97. The Bertz CT molecular complexity index is 176. The van der Waals surface area contributed by atoms with Gasteiger partial charge in [0.15, 0.2) is 0 Å². The monoisotopic (exact) mass is 211 g/mol. The smallest absolute Gasteiger partial charge is 0.0197 e. The Morgan fingerprint density at radius 1 is 1.07 bits per heavy atom. The third kappa shape index (κ3) is 3.74. The minimum absolute atomic E-state index is 0.742. The molecule has 2 heterocycles. The van der Waals surface area contributed by atoms with Gasteiger partial charge in [-0.1, -0.05) is 0 Å². The SMILES string of the molecule is CN1CCCC(NC2CCCNCC2)C1. The van der Waals surface area contributed by atoms with E-state index in [4.69, 9.17) is 0 Å². The van der Waals surface area contributed by atoms with Gasteiger partial charge in [0.05, 0.1) is 0 Å². The van der Waals surface area contributed by atoms with E-state index in [1.165, 1.54) is 58.3 Å². The highest BCUT2D eigenvalue weighted by Gasteiger charge is 2.20. The highest BCUT2D eigenvalue weighted by molar-refractivity contribution is 4.81. The van der Waals surface area contributed by atoms with Crippen LogP contribution in [-0.4, -0.2) is 50.2 Å². The molecule has 0 aromatic heterocycles. The van der Waals surface area contributed by atoms with Gasteiger partial charge in [0.2, 0.25) is 0 Å². The lowest BCUT2D eigenvalue weighted by molar-refractivity contribution is 0.212. The van der Waals surface area contributed by atoms with Crippen molar-refractivity contribution in [2.45, 2.75) is 44.2 Å². The van der Waals surface area contributed by atoms with Crippen LogP contribution in [-0.2, 0) is 0 Å². The molecule has 3 nitrogen and oxygen atoms in total. The van der Waals surface area contributed by atoms with Gasteiger partial charge in [-0.05, 0) is 58.8 Å². The Morgan fingerprint density at radius 2 is 1.93 bits per heavy atom. The van der Waals surface area contributed by atoms with Crippen molar-refractivity contribution in [1.82, 2.24) is 15.5 Å². The van der Waals surface area contributed by atoms with Crippen molar-refractivity contribution >= 4 is 0 Å². The zero-order valence-corrected chi connectivity index (χ0v) is 9.97. The van der Waals surface area contributed by atoms with E-state index in [0.717, 1.165) is 12.1 Å². The summed E-state index contributed by atoms with van der Waals surface area (Å²) in [4.78, 5) is 2.45. The number of rotatable bonds is 2. The summed E-state index contributed by atoms with van der Waals surface area (Å²) in [6.07, 6.45) is 6.72. The highest BCUT2D eigenvalue weighted by atomic mass is 15.1. The summed E-state index contributed by atoms with van der Waals surface area (Å²) < 4.78 is 0. The second-order valence-corrected chi connectivity index (χ2v) is 5.15. The highest BCUT2D eigenvalue weighted by Crippen LogP contribution is 2.12. The number of hydrogen-bond donors (Lipinski definition) is 2. The topological polar surface area (TPSA) is 27.3 Å². The lowest BCUT2D eigenvalue weighted by atomic mass is 10.0. The first kappa shape index (κ1) is 11.4. The molecule has 0 amide bonds. The molecule has 2 rings (SSSR count). The fourth-order valence-electron chi connectivity index (χ4n) is 2.82. The van der Waals surface area contributed by atoms with E-state index in [2.05, 4.69) is 22.6 Å². The van der Waals surface area contributed by atoms with E-state index in [9.17, 15) is 0 Å². The van der Waals surface area contributed by atoms with E-state index in [0.29, 0.717) is 0 Å². The average Bonchev–Trinajstić information content (AvgIpc) is 2.46. The third-order valence-corrected chi connectivity index (χ3v) is 3.67. The Kier molecular flexibility index (Phi) is 4.42. The first-order chi connectivity index (χ1) is 7.34. The normalized spacial score (nSPS) is 35.0. The Balaban J connectivity index is 1.74. The summed E-state index contributed by atoms with van der Waals surface area (Å²) in [5, 5.41) is 7.32. The third-order valence-electron chi connectivity index (χ3n) is 3.67. The molecule has 2 fully saturated rings. The van der Waals surface area contributed by atoms with Crippen LogP contribution in [0.1, 0.15) is 32.1 Å². The molecule has 0 radical (unpaired) electrons. The molecule has 0 aromatic rings. The number of likely N-dealkylation sites (N-methyl/N-ethyl adjacent to an activating group) is 1. The lowest BCUT2D eigenvalue weighted by Crippen LogP contribution is -2.48. The van der Waals surface area contributed by atoms with Gasteiger partial charge in [-0.3, -0.25) is 0 Å². The van der Waals surface area contributed by atoms with Crippen LogP contribution >= 0.6 is 0 Å². The molecule has 0 saturated carbocycles. The number of likely N-dealkylation sites (tertiary alicyclic amines) is 1. The zero-order chi connectivity index (χ0) is 10.5. The van der Waals surface area contributed by atoms with Gasteiger partial charge >= 0.3 is 0 Å². The van der Waals surface area contributed by atoms with E-state index in [-0.39, 0.29) is 0 Å². The maximum atomic E-state index is 3.85. The van der Waals surface area contributed by atoms with E-state index >= 15 is 0 Å². The van der Waals surface area contributed by atoms with Crippen LogP contribution in [0.25, 0.3) is 0 Å². The Hall–Kier alpha value is -0.120. The van der Waals surface area contributed by atoms with Crippen LogP contribution in [0, 0.1) is 0 Å². The van der Waals surface area contributed by atoms with Crippen molar-refractivity contribution in [3.63, 3.8) is 0 Å². The van der Waals surface area contributed by atoms with Crippen molar-refractivity contribution in [2.75, 3.05) is 33.2 Å². The van der Waals surface area contributed by atoms with Crippen LogP contribution in [0.5, 0.6) is 0 Å². The summed E-state index contributed by atoms with van der Waals surface area (Å²) in [5.41, 5.74) is 0. The number of nitrogens with one attached hydrogen (secondary N) is 2. The van der Waals surface area contributed by atoms with Gasteiger partial charge in [-0.15, -0.1) is 0 Å². The van der Waals surface area contributed by atoms with Gasteiger partial charge in [-0.25, -0.2) is 0 Å². The quantitative estimate of drug-likeness (QED) is 0.708. The molecule has 2 aliphatic heterocycles. The van der Waals surface area contributed by atoms with Crippen LogP contribution < -0.4 is 10.6 Å². The van der Waals surface area contributed by atoms with E-state index in [1.54, 1.807) is 0 Å². The van der Waals surface area contributed by atoms with Crippen LogP contribution in [0.4, 0.5) is 0 Å².